The van der Waals surface area contributed by atoms with Crippen LogP contribution in [0.2, 0.25) is 0 Å². The molecule has 0 radical (unpaired) electrons. The van der Waals surface area contributed by atoms with Gasteiger partial charge in [-0.25, -0.2) is 15.0 Å². The van der Waals surface area contributed by atoms with E-state index in [0.717, 1.165) is 48.5 Å². The number of fused-ring (bicyclic) bond motifs is 1. The molecule has 0 spiro atoms. The van der Waals surface area contributed by atoms with Crippen LogP contribution in [0.5, 0.6) is 0 Å². The molecule has 3 aromatic rings. The molecule has 1 amide bonds. The van der Waals surface area contributed by atoms with Crippen LogP contribution < -0.4 is 10.2 Å². The van der Waals surface area contributed by atoms with Crippen molar-refractivity contribution in [2.45, 2.75) is 33.6 Å². The topological polar surface area (TPSA) is 88.1 Å². The Morgan fingerprint density at radius 2 is 1.80 bits per heavy atom. The highest BCUT2D eigenvalue weighted by molar-refractivity contribution is 5.97. The summed E-state index contributed by atoms with van der Waals surface area (Å²) in [6.07, 6.45) is 3.35. The van der Waals surface area contributed by atoms with Gasteiger partial charge in [-0.3, -0.25) is 9.59 Å². The fraction of sp³-hybridized carbons (Fsp3) is 0.348. The summed E-state index contributed by atoms with van der Waals surface area (Å²) in [7, 11) is 0. The lowest BCUT2D eigenvalue weighted by atomic mass is 9.95. The number of Topliss-reactive ketones (excluding diaryl/α,β-unsaturated/α-hetero) is 1. The Morgan fingerprint density at radius 1 is 1.07 bits per heavy atom. The Bertz CT molecular complexity index is 1120. The van der Waals surface area contributed by atoms with Crippen LogP contribution in [0.25, 0.3) is 11.2 Å². The van der Waals surface area contributed by atoms with Crippen molar-refractivity contribution in [3.8, 4) is 0 Å². The molecule has 2 aromatic heterocycles. The Labute approximate surface area is 175 Å². The number of benzene rings is 1. The maximum atomic E-state index is 12.7. The van der Waals surface area contributed by atoms with Gasteiger partial charge in [-0.2, -0.15) is 0 Å². The molecule has 1 aliphatic heterocycles. The zero-order chi connectivity index (χ0) is 21.3. The van der Waals surface area contributed by atoms with Gasteiger partial charge in [0.25, 0.3) is 0 Å². The van der Waals surface area contributed by atoms with Crippen LogP contribution in [0, 0.1) is 19.8 Å². The molecular formula is C23H25N5O2. The largest absolute Gasteiger partial charge is 0.370 e. The molecule has 154 valence electrons. The van der Waals surface area contributed by atoms with Gasteiger partial charge in [0.15, 0.2) is 11.4 Å². The number of anilines is 2. The van der Waals surface area contributed by atoms with E-state index in [2.05, 4.69) is 25.2 Å². The van der Waals surface area contributed by atoms with Gasteiger partial charge in [0.1, 0.15) is 5.52 Å². The molecule has 0 saturated carbocycles. The van der Waals surface area contributed by atoms with E-state index in [0.29, 0.717) is 16.9 Å². The number of piperidine rings is 1. The fourth-order valence-corrected chi connectivity index (χ4v) is 3.74. The summed E-state index contributed by atoms with van der Waals surface area (Å²) in [6, 6.07) is 9.09. The maximum Gasteiger partial charge on any atom is 0.227 e. The Kier molecular flexibility index (Phi) is 5.44. The average molecular weight is 403 g/mol. The third kappa shape index (κ3) is 4.15. The molecule has 7 nitrogen and oxygen atoms in total. The summed E-state index contributed by atoms with van der Waals surface area (Å²) in [5.74, 6) is -0.0669. The van der Waals surface area contributed by atoms with Crippen LogP contribution in [-0.4, -0.2) is 39.7 Å². The molecule has 1 saturated heterocycles. The SMILES string of the molecule is CC(=O)c1cccc(NC(=O)C2CCN(c3cnc4nc(C)c(C)nc4c3)CC2)c1. The molecular weight excluding hydrogens is 378 g/mol. The summed E-state index contributed by atoms with van der Waals surface area (Å²) in [5.41, 5.74) is 5.52. The monoisotopic (exact) mass is 403 g/mol. The number of nitrogens with zero attached hydrogens (tertiary/aromatic N) is 4. The van der Waals surface area contributed by atoms with Crippen molar-refractivity contribution in [1.82, 2.24) is 15.0 Å². The van der Waals surface area contributed by atoms with Crippen molar-refractivity contribution in [3.05, 3.63) is 53.5 Å². The van der Waals surface area contributed by atoms with Crippen LogP contribution in [-0.2, 0) is 4.79 Å². The molecule has 30 heavy (non-hydrogen) atoms. The highest BCUT2D eigenvalue weighted by atomic mass is 16.2. The second-order valence-electron chi connectivity index (χ2n) is 7.82. The van der Waals surface area contributed by atoms with E-state index in [-0.39, 0.29) is 17.6 Å². The van der Waals surface area contributed by atoms with Gasteiger partial charge in [-0.1, -0.05) is 12.1 Å². The minimum atomic E-state index is -0.0552. The Morgan fingerprint density at radius 3 is 2.53 bits per heavy atom. The number of carbonyl (C=O) groups is 2. The van der Waals surface area contributed by atoms with Crippen LogP contribution in [0.4, 0.5) is 11.4 Å². The molecule has 7 heteroatoms. The number of hydrogen-bond donors (Lipinski definition) is 1. The van der Waals surface area contributed by atoms with E-state index in [9.17, 15) is 9.59 Å². The fourth-order valence-electron chi connectivity index (χ4n) is 3.74. The average Bonchev–Trinajstić information content (AvgIpc) is 2.74. The molecule has 0 atom stereocenters. The van der Waals surface area contributed by atoms with Crippen LogP contribution >= 0.6 is 0 Å². The van der Waals surface area contributed by atoms with Gasteiger partial charge in [0.05, 0.1) is 23.3 Å². The molecule has 0 bridgehead atoms. The number of pyridine rings is 1. The smallest absolute Gasteiger partial charge is 0.227 e. The number of rotatable bonds is 4. The van der Waals surface area contributed by atoms with Gasteiger partial charge >= 0.3 is 0 Å². The molecule has 1 aromatic carbocycles. The zero-order valence-corrected chi connectivity index (χ0v) is 17.5. The first kappa shape index (κ1) is 19.9. The first-order valence-corrected chi connectivity index (χ1v) is 10.2. The number of aryl methyl sites for hydroxylation is 2. The minimum absolute atomic E-state index is 0.00366. The summed E-state index contributed by atoms with van der Waals surface area (Å²) in [5, 5.41) is 2.96. The quantitative estimate of drug-likeness (QED) is 0.668. The van der Waals surface area contributed by atoms with Crippen molar-refractivity contribution in [2.75, 3.05) is 23.3 Å². The number of aromatic nitrogens is 3. The maximum absolute atomic E-state index is 12.7. The normalized spacial score (nSPS) is 14.7. The standard InChI is InChI=1S/C23H25N5O2/c1-14-15(2)26-22-21(25-14)12-20(13-24-22)28-9-7-17(8-10-28)23(30)27-19-6-4-5-18(11-19)16(3)29/h4-6,11-13,17H,7-10H2,1-3H3,(H,27,30). The molecule has 0 aliphatic carbocycles. The van der Waals surface area contributed by atoms with E-state index in [1.807, 2.05) is 32.2 Å². The molecule has 4 rings (SSSR count). The minimum Gasteiger partial charge on any atom is -0.370 e. The van der Waals surface area contributed by atoms with Crippen molar-refractivity contribution in [1.29, 1.82) is 0 Å². The van der Waals surface area contributed by atoms with Gasteiger partial charge in [-0.15, -0.1) is 0 Å². The lowest BCUT2D eigenvalue weighted by molar-refractivity contribution is -0.120. The molecule has 1 N–H and O–H groups in total. The predicted molar refractivity (Wildman–Crippen MR) is 117 cm³/mol. The highest BCUT2D eigenvalue weighted by Crippen LogP contribution is 2.26. The highest BCUT2D eigenvalue weighted by Gasteiger charge is 2.25. The summed E-state index contributed by atoms with van der Waals surface area (Å²) < 4.78 is 0. The number of nitrogens with one attached hydrogen (secondary N) is 1. The van der Waals surface area contributed by atoms with E-state index in [1.54, 1.807) is 18.2 Å². The van der Waals surface area contributed by atoms with E-state index in [4.69, 9.17) is 0 Å². The Hall–Kier alpha value is -3.35. The lowest BCUT2D eigenvalue weighted by Gasteiger charge is -2.32. The van der Waals surface area contributed by atoms with Crippen molar-refractivity contribution < 1.29 is 9.59 Å². The van der Waals surface area contributed by atoms with Gasteiger partial charge in [0.2, 0.25) is 5.91 Å². The molecule has 1 aliphatic rings. The first-order chi connectivity index (χ1) is 14.4. The number of carbonyl (C=O) groups excluding carboxylic acids is 2. The van der Waals surface area contributed by atoms with Crippen molar-refractivity contribution in [3.63, 3.8) is 0 Å². The van der Waals surface area contributed by atoms with E-state index >= 15 is 0 Å². The molecule has 0 unspecified atom stereocenters. The van der Waals surface area contributed by atoms with Crippen LogP contribution in [0.15, 0.2) is 36.5 Å². The lowest BCUT2D eigenvalue weighted by Crippen LogP contribution is -2.38. The number of ketones is 1. The van der Waals surface area contributed by atoms with Crippen molar-refractivity contribution >= 4 is 34.2 Å². The van der Waals surface area contributed by atoms with Crippen molar-refractivity contribution in [2.24, 2.45) is 5.92 Å². The van der Waals surface area contributed by atoms with Gasteiger partial charge < -0.3 is 10.2 Å². The molecule has 1 fully saturated rings. The number of hydrogen-bond acceptors (Lipinski definition) is 6. The Balaban J connectivity index is 1.40. The summed E-state index contributed by atoms with van der Waals surface area (Å²) in [6.45, 7) is 6.95. The van der Waals surface area contributed by atoms with Gasteiger partial charge in [0, 0.05) is 30.3 Å². The third-order valence-corrected chi connectivity index (χ3v) is 5.69. The predicted octanol–water partition coefficient (Wildman–Crippen LogP) is 3.70. The first-order valence-electron chi connectivity index (χ1n) is 10.2. The second-order valence-corrected chi connectivity index (χ2v) is 7.82. The van der Waals surface area contributed by atoms with E-state index < -0.39 is 0 Å². The van der Waals surface area contributed by atoms with E-state index in [1.165, 1.54) is 6.92 Å². The van der Waals surface area contributed by atoms with Crippen LogP contribution in [0.1, 0.15) is 41.5 Å². The molecule has 3 heterocycles. The third-order valence-electron chi connectivity index (χ3n) is 5.69. The van der Waals surface area contributed by atoms with Gasteiger partial charge in [-0.05, 0) is 51.8 Å². The van der Waals surface area contributed by atoms with Crippen LogP contribution in [0.3, 0.4) is 0 Å². The second kappa shape index (κ2) is 8.18. The zero-order valence-electron chi connectivity index (χ0n) is 17.5. The summed E-state index contributed by atoms with van der Waals surface area (Å²) in [4.78, 5) is 40.0. The summed E-state index contributed by atoms with van der Waals surface area (Å²) >= 11 is 0. The number of amides is 1.